The molecule has 0 aliphatic carbocycles. The Kier molecular flexibility index (Phi) is 6.07. The second-order valence-corrected chi connectivity index (χ2v) is 7.72. The molecule has 0 saturated carbocycles. The van der Waals surface area contributed by atoms with Crippen LogP contribution in [-0.4, -0.2) is 53.4 Å². The van der Waals surface area contributed by atoms with E-state index in [1.807, 2.05) is 38.1 Å². The SMILES string of the molecule is CC(C)Oc1ccccc1/C=N\Nc1nc(N2CCCC2)nc(N2CCCC2)n1. The lowest BCUT2D eigenvalue weighted by Crippen LogP contribution is -2.25. The molecular formula is C21H29N7O. The second kappa shape index (κ2) is 9.07. The van der Waals surface area contributed by atoms with Gasteiger partial charge in [-0.1, -0.05) is 12.1 Å². The van der Waals surface area contributed by atoms with Gasteiger partial charge in [-0.3, -0.25) is 0 Å². The molecule has 3 heterocycles. The maximum absolute atomic E-state index is 5.85. The summed E-state index contributed by atoms with van der Waals surface area (Å²) in [7, 11) is 0. The number of benzene rings is 1. The zero-order chi connectivity index (χ0) is 20.1. The van der Waals surface area contributed by atoms with E-state index in [0.717, 1.165) is 49.4 Å². The van der Waals surface area contributed by atoms with Crippen molar-refractivity contribution in [1.29, 1.82) is 0 Å². The predicted molar refractivity (Wildman–Crippen MR) is 116 cm³/mol. The van der Waals surface area contributed by atoms with Gasteiger partial charge in [0.1, 0.15) is 5.75 Å². The van der Waals surface area contributed by atoms with Crippen molar-refractivity contribution in [3.05, 3.63) is 29.8 Å². The van der Waals surface area contributed by atoms with Crippen molar-refractivity contribution >= 4 is 24.1 Å². The Morgan fingerprint density at radius 1 is 0.931 bits per heavy atom. The van der Waals surface area contributed by atoms with E-state index in [4.69, 9.17) is 9.72 Å². The highest BCUT2D eigenvalue weighted by Gasteiger charge is 2.21. The number of nitrogens with one attached hydrogen (secondary N) is 1. The molecule has 2 aromatic rings. The van der Waals surface area contributed by atoms with Gasteiger partial charge in [-0.25, -0.2) is 5.43 Å². The Hall–Kier alpha value is -2.90. The molecule has 1 N–H and O–H groups in total. The van der Waals surface area contributed by atoms with Crippen molar-refractivity contribution in [2.45, 2.75) is 45.6 Å². The summed E-state index contributed by atoms with van der Waals surface area (Å²) in [6, 6.07) is 7.84. The van der Waals surface area contributed by atoms with Gasteiger partial charge in [0.05, 0.1) is 12.3 Å². The Balaban J connectivity index is 1.54. The minimum atomic E-state index is 0.104. The van der Waals surface area contributed by atoms with E-state index in [9.17, 15) is 0 Å². The maximum atomic E-state index is 5.85. The Bertz CT molecular complexity index is 808. The largest absolute Gasteiger partial charge is 0.490 e. The zero-order valence-corrected chi connectivity index (χ0v) is 17.2. The summed E-state index contributed by atoms with van der Waals surface area (Å²) < 4.78 is 5.85. The third-order valence-electron chi connectivity index (χ3n) is 5.04. The molecule has 1 aromatic carbocycles. The highest BCUT2D eigenvalue weighted by molar-refractivity contribution is 5.83. The van der Waals surface area contributed by atoms with E-state index < -0.39 is 0 Å². The van der Waals surface area contributed by atoms with Gasteiger partial charge in [0, 0.05) is 31.7 Å². The van der Waals surface area contributed by atoms with Gasteiger partial charge in [0.25, 0.3) is 0 Å². The van der Waals surface area contributed by atoms with Crippen LogP contribution in [0.3, 0.4) is 0 Å². The van der Waals surface area contributed by atoms with E-state index in [0.29, 0.717) is 5.95 Å². The monoisotopic (exact) mass is 395 g/mol. The summed E-state index contributed by atoms with van der Waals surface area (Å²) in [6.45, 7) is 7.99. The van der Waals surface area contributed by atoms with E-state index in [1.54, 1.807) is 6.21 Å². The van der Waals surface area contributed by atoms with Crippen LogP contribution in [0.5, 0.6) is 5.75 Å². The van der Waals surface area contributed by atoms with Crippen LogP contribution in [0.25, 0.3) is 0 Å². The second-order valence-electron chi connectivity index (χ2n) is 7.72. The van der Waals surface area contributed by atoms with E-state index in [2.05, 4.69) is 30.3 Å². The summed E-state index contributed by atoms with van der Waals surface area (Å²) in [5, 5.41) is 4.37. The first-order valence-electron chi connectivity index (χ1n) is 10.5. The van der Waals surface area contributed by atoms with Crippen molar-refractivity contribution in [3.8, 4) is 5.75 Å². The van der Waals surface area contributed by atoms with E-state index in [1.165, 1.54) is 25.7 Å². The van der Waals surface area contributed by atoms with Gasteiger partial charge in [-0.15, -0.1) is 0 Å². The third-order valence-corrected chi connectivity index (χ3v) is 5.04. The molecule has 2 aliphatic rings. The lowest BCUT2D eigenvalue weighted by molar-refractivity contribution is 0.242. The van der Waals surface area contributed by atoms with Gasteiger partial charge in [0.15, 0.2) is 0 Å². The van der Waals surface area contributed by atoms with Crippen LogP contribution in [0.4, 0.5) is 17.8 Å². The first-order valence-corrected chi connectivity index (χ1v) is 10.5. The average Bonchev–Trinajstić information content (AvgIpc) is 3.43. The molecule has 0 unspecified atom stereocenters. The van der Waals surface area contributed by atoms with Crippen LogP contribution < -0.4 is 20.0 Å². The molecule has 29 heavy (non-hydrogen) atoms. The van der Waals surface area contributed by atoms with Crippen molar-refractivity contribution < 1.29 is 4.74 Å². The number of hydrogen-bond donors (Lipinski definition) is 1. The van der Waals surface area contributed by atoms with Crippen LogP contribution >= 0.6 is 0 Å². The number of hydrogen-bond acceptors (Lipinski definition) is 8. The molecule has 2 saturated heterocycles. The van der Waals surface area contributed by atoms with E-state index in [-0.39, 0.29) is 6.10 Å². The van der Waals surface area contributed by atoms with Gasteiger partial charge in [-0.2, -0.15) is 20.1 Å². The van der Waals surface area contributed by atoms with Crippen molar-refractivity contribution in [2.24, 2.45) is 5.10 Å². The molecule has 8 heteroatoms. The number of para-hydroxylation sites is 1. The molecule has 2 fully saturated rings. The van der Waals surface area contributed by atoms with Crippen molar-refractivity contribution in [3.63, 3.8) is 0 Å². The summed E-state index contributed by atoms with van der Waals surface area (Å²) in [6.07, 6.45) is 6.56. The fourth-order valence-corrected chi connectivity index (χ4v) is 3.63. The Morgan fingerprint density at radius 3 is 2.10 bits per heavy atom. The zero-order valence-electron chi connectivity index (χ0n) is 17.2. The fraction of sp³-hybridized carbons (Fsp3) is 0.524. The van der Waals surface area contributed by atoms with Gasteiger partial charge in [-0.05, 0) is 51.7 Å². The average molecular weight is 396 g/mol. The smallest absolute Gasteiger partial charge is 0.250 e. The summed E-state index contributed by atoms with van der Waals surface area (Å²) in [4.78, 5) is 18.4. The van der Waals surface area contributed by atoms with E-state index >= 15 is 0 Å². The standard InChI is InChI=1S/C21H29N7O/c1-16(2)29-18-10-4-3-9-17(18)15-22-26-19-23-20(27-11-5-6-12-27)25-21(24-19)28-13-7-8-14-28/h3-4,9-10,15-16H,5-8,11-14H2,1-2H3,(H,23,24,25,26)/b22-15-. The van der Waals surface area contributed by atoms with Gasteiger partial charge < -0.3 is 14.5 Å². The van der Waals surface area contributed by atoms with Crippen LogP contribution in [0.1, 0.15) is 45.1 Å². The number of ether oxygens (including phenoxy) is 1. The molecule has 0 bridgehead atoms. The predicted octanol–water partition coefficient (Wildman–Crippen LogP) is 3.31. The highest BCUT2D eigenvalue weighted by Crippen LogP contribution is 2.23. The number of hydrazone groups is 1. The Labute approximate surface area is 172 Å². The van der Waals surface area contributed by atoms with Crippen LogP contribution in [0.15, 0.2) is 29.4 Å². The molecule has 0 spiro atoms. The summed E-state index contributed by atoms with van der Waals surface area (Å²) in [5.74, 6) is 2.75. The minimum absolute atomic E-state index is 0.104. The highest BCUT2D eigenvalue weighted by atomic mass is 16.5. The van der Waals surface area contributed by atoms with Crippen LogP contribution in [-0.2, 0) is 0 Å². The van der Waals surface area contributed by atoms with Crippen molar-refractivity contribution in [2.75, 3.05) is 41.4 Å². The number of rotatable bonds is 7. The Morgan fingerprint density at radius 2 is 1.52 bits per heavy atom. The molecule has 154 valence electrons. The molecule has 4 rings (SSSR count). The first-order chi connectivity index (χ1) is 14.2. The third kappa shape index (κ3) is 4.93. The summed E-state index contributed by atoms with van der Waals surface area (Å²) in [5.41, 5.74) is 3.90. The summed E-state index contributed by atoms with van der Waals surface area (Å²) >= 11 is 0. The molecule has 2 aliphatic heterocycles. The molecular weight excluding hydrogens is 366 g/mol. The lowest BCUT2D eigenvalue weighted by atomic mass is 10.2. The van der Waals surface area contributed by atoms with Crippen LogP contribution in [0, 0.1) is 0 Å². The molecule has 1 aromatic heterocycles. The van der Waals surface area contributed by atoms with Gasteiger partial charge >= 0.3 is 0 Å². The van der Waals surface area contributed by atoms with Gasteiger partial charge in [0.2, 0.25) is 17.8 Å². The number of nitrogens with zero attached hydrogens (tertiary/aromatic N) is 6. The first kappa shape index (κ1) is 19.4. The number of aromatic nitrogens is 3. The number of anilines is 3. The molecule has 8 nitrogen and oxygen atoms in total. The molecule has 0 radical (unpaired) electrons. The molecule has 0 atom stereocenters. The fourth-order valence-electron chi connectivity index (χ4n) is 3.63. The normalized spacial score (nSPS) is 16.9. The quantitative estimate of drug-likeness (QED) is 0.569. The molecule has 0 amide bonds. The van der Waals surface area contributed by atoms with Crippen LogP contribution in [0.2, 0.25) is 0 Å². The lowest BCUT2D eigenvalue weighted by Gasteiger charge is -2.20. The maximum Gasteiger partial charge on any atom is 0.250 e. The van der Waals surface area contributed by atoms with Crippen molar-refractivity contribution in [1.82, 2.24) is 15.0 Å². The topological polar surface area (TPSA) is 78.8 Å². The minimum Gasteiger partial charge on any atom is -0.490 e.